The number of hydrogen-bond donors (Lipinski definition) is 1. The largest absolute Gasteiger partial charge is 0.489 e. The summed E-state index contributed by atoms with van der Waals surface area (Å²) in [5.74, 6) is -2.17. The molecule has 14 heteroatoms. The van der Waals surface area contributed by atoms with E-state index in [1.54, 1.807) is 0 Å². The monoisotopic (exact) mass is 619 g/mol. The molecule has 2 saturated heterocycles. The molecule has 2 aromatic rings. The molecule has 0 radical (unpaired) electrons. The van der Waals surface area contributed by atoms with E-state index in [4.69, 9.17) is 27.3 Å². The number of carboxylic acids is 1. The second-order valence-corrected chi connectivity index (χ2v) is 11.8. The van der Waals surface area contributed by atoms with E-state index in [0.29, 0.717) is 32.2 Å². The summed E-state index contributed by atoms with van der Waals surface area (Å²) in [6.45, 7) is 5.94. The van der Waals surface area contributed by atoms with Crippen LogP contribution in [0.25, 0.3) is 0 Å². The molecule has 0 spiro atoms. The third-order valence-electron chi connectivity index (χ3n) is 8.25. The summed E-state index contributed by atoms with van der Waals surface area (Å²) in [7, 11) is 0. The fourth-order valence-electron chi connectivity index (χ4n) is 5.69. The Kier molecular flexibility index (Phi) is 7.87. The van der Waals surface area contributed by atoms with Gasteiger partial charge in [0, 0.05) is 37.9 Å². The van der Waals surface area contributed by atoms with Crippen LogP contribution in [0.1, 0.15) is 37.8 Å². The smallest absolute Gasteiger partial charge is 0.417 e. The molecule has 0 aromatic heterocycles. The van der Waals surface area contributed by atoms with Gasteiger partial charge in [0.05, 0.1) is 35.0 Å². The van der Waals surface area contributed by atoms with Gasteiger partial charge in [-0.2, -0.15) is 18.4 Å². The van der Waals surface area contributed by atoms with Gasteiger partial charge in [0.1, 0.15) is 12.1 Å². The van der Waals surface area contributed by atoms with Crippen molar-refractivity contribution >= 4 is 40.6 Å². The number of rotatable bonds is 8. The van der Waals surface area contributed by atoms with Gasteiger partial charge in [-0.25, -0.2) is 4.39 Å². The van der Waals surface area contributed by atoms with Gasteiger partial charge < -0.3 is 14.7 Å². The number of piperazine rings is 1. The van der Waals surface area contributed by atoms with Crippen LogP contribution >= 0.6 is 12.2 Å². The predicted molar refractivity (Wildman–Crippen MR) is 152 cm³/mol. The van der Waals surface area contributed by atoms with Crippen LogP contribution in [0.4, 0.5) is 28.9 Å². The number of carbonyl (C=O) groups excluding carboxylic acids is 1. The minimum absolute atomic E-state index is 0.00240. The third kappa shape index (κ3) is 5.76. The Labute approximate surface area is 250 Å². The first kappa shape index (κ1) is 30.7. The number of hydrogen-bond acceptors (Lipinski definition) is 7. The highest BCUT2D eigenvalue weighted by molar-refractivity contribution is 7.81. The molecule has 0 bridgehead atoms. The van der Waals surface area contributed by atoms with E-state index in [1.807, 2.05) is 4.90 Å². The number of halogens is 4. The molecular weight excluding hydrogens is 590 g/mol. The number of alkyl halides is 3. The molecule has 228 valence electrons. The first-order chi connectivity index (χ1) is 20.2. The van der Waals surface area contributed by atoms with Crippen molar-refractivity contribution in [2.75, 3.05) is 49.1 Å². The Bertz CT molecular complexity index is 1510. The Morgan fingerprint density at radius 1 is 1.09 bits per heavy atom. The lowest BCUT2D eigenvalue weighted by molar-refractivity contribution is -0.139. The minimum Gasteiger partial charge on any atom is -0.489 e. The zero-order valence-corrected chi connectivity index (χ0v) is 24.3. The molecule has 1 N–H and O–H groups in total. The van der Waals surface area contributed by atoms with Crippen LogP contribution in [0.2, 0.25) is 0 Å². The third-order valence-corrected chi connectivity index (χ3v) is 8.62. The summed E-state index contributed by atoms with van der Waals surface area (Å²) in [5.41, 5.74) is -3.31. The van der Waals surface area contributed by atoms with E-state index < -0.39 is 40.5 Å². The van der Waals surface area contributed by atoms with Gasteiger partial charge in [0.15, 0.2) is 16.7 Å². The van der Waals surface area contributed by atoms with Crippen LogP contribution in [0, 0.1) is 17.1 Å². The van der Waals surface area contributed by atoms with Gasteiger partial charge in [-0.05, 0) is 69.2 Å². The zero-order chi connectivity index (χ0) is 31.3. The Morgan fingerprint density at radius 3 is 2.30 bits per heavy atom. The van der Waals surface area contributed by atoms with Crippen molar-refractivity contribution in [2.45, 2.75) is 43.9 Å². The van der Waals surface area contributed by atoms with E-state index >= 15 is 4.39 Å². The van der Waals surface area contributed by atoms with Crippen LogP contribution in [-0.4, -0.2) is 82.3 Å². The number of ether oxygens (including phenoxy) is 1. The highest BCUT2D eigenvalue weighted by atomic mass is 32.1. The van der Waals surface area contributed by atoms with Crippen LogP contribution in [-0.2, 0) is 15.8 Å². The maximum absolute atomic E-state index is 15.4. The molecule has 3 aliphatic rings. The highest BCUT2D eigenvalue weighted by Gasteiger charge is 2.51. The second-order valence-electron chi connectivity index (χ2n) is 11.4. The predicted octanol–water partition coefficient (Wildman–Crippen LogP) is 4.25. The molecule has 3 fully saturated rings. The molecule has 2 aromatic carbocycles. The molecule has 2 heterocycles. The quantitative estimate of drug-likeness (QED) is 0.344. The highest BCUT2D eigenvalue weighted by Crippen LogP contribution is 2.44. The molecule has 5 rings (SSSR count). The maximum Gasteiger partial charge on any atom is 0.417 e. The van der Waals surface area contributed by atoms with E-state index in [0.717, 1.165) is 23.8 Å². The summed E-state index contributed by atoms with van der Waals surface area (Å²) < 4.78 is 62.1. The van der Waals surface area contributed by atoms with Gasteiger partial charge in [-0.15, -0.1) is 0 Å². The summed E-state index contributed by atoms with van der Waals surface area (Å²) in [4.78, 5) is 30.9. The standard InChI is InChI=1S/C29H29F4N5O4S/c1-27(2)25(41)37(19-4-3-18(15-34)21(13-19)29(31,32)33)26(43)38(27)20-5-6-23(22(30)14-20)42-17-28(7-8-28)36-11-9-35(10-12-36)16-24(39)40/h3-6,13-14H,7-12,16-17H2,1-2H3,(H,39,40). The minimum atomic E-state index is -4.83. The number of anilines is 2. The van der Waals surface area contributed by atoms with Gasteiger partial charge in [0.25, 0.3) is 5.91 Å². The van der Waals surface area contributed by atoms with Crippen molar-refractivity contribution in [3.05, 3.63) is 53.3 Å². The molecule has 1 aliphatic carbocycles. The average Bonchev–Trinajstić information content (AvgIpc) is 3.70. The molecular formula is C29H29F4N5O4S. The summed E-state index contributed by atoms with van der Waals surface area (Å²) in [6.07, 6.45) is -3.07. The van der Waals surface area contributed by atoms with E-state index in [1.165, 1.54) is 49.1 Å². The lowest BCUT2D eigenvalue weighted by Crippen LogP contribution is -2.54. The fraction of sp³-hybridized carbons (Fsp3) is 0.448. The summed E-state index contributed by atoms with van der Waals surface area (Å²) >= 11 is 5.53. The van der Waals surface area contributed by atoms with Crippen LogP contribution in [0.5, 0.6) is 5.75 Å². The van der Waals surface area contributed by atoms with Crippen molar-refractivity contribution in [2.24, 2.45) is 0 Å². The number of benzene rings is 2. The van der Waals surface area contributed by atoms with E-state index in [2.05, 4.69) is 4.90 Å². The molecule has 43 heavy (non-hydrogen) atoms. The fourth-order valence-corrected chi connectivity index (χ4v) is 6.21. The van der Waals surface area contributed by atoms with Crippen LogP contribution in [0.3, 0.4) is 0 Å². The molecule has 2 aliphatic heterocycles. The van der Waals surface area contributed by atoms with E-state index in [9.17, 15) is 22.8 Å². The zero-order valence-electron chi connectivity index (χ0n) is 23.4. The number of carboxylic acid groups (broad SMARTS) is 1. The number of thiocarbonyl (C=S) groups is 1. The van der Waals surface area contributed by atoms with E-state index in [-0.39, 0.29) is 40.9 Å². The number of nitrogens with zero attached hydrogens (tertiary/aromatic N) is 5. The summed E-state index contributed by atoms with van der Waals surface area (Å²) in [6, 6.07) is 8.56. The Morgan fingerprint density at radius 2 is 1.74 bits per heavy atom. The first-order valence-corrected chi connectivity index (χ1v) is 14.0. The molecule has 0 unspecified atom stereocenters. The van der Waals surface area contributed by atoms with Gasteiger partial charge >= 0.3 is 12.1 Å². The van der Waals surface area contributed by atoms with Gasteiger partial charge in [-0.3, -0.25) is 24.3 Å². The number of nitriles is 1. The number of carbonyl (C=O) groups is 2. The lowest BCUT2D eigenvalue weighted by atomic mass is 10.0. The van der Waals surface area contributed by atoms with Gasteiger partial charge in [-0.1, -0.05) is 0 Å². The van der Waals surface area contributed by atoms with Gasteiger partial charge in [0.2, 0.25) is 0 Å². The topological polar surface area (TPSA) is 100 Å². The number of amides is 1. The Balaban J connectivity index is 1.31. The SMILES string of the molecule is CC1(C)C(=O)N(c2ccc(C#N)c(C(F)(F)F)c2)C(=S)N1c1ccc(OCC2(N3CCN(CC(=O)O)CC3)CC2)c(F)c1. The van der Waals surface area contributed by atoms with Crippen molar-refractivity contribution in [3.8, 4) is 11.8 Å². The van der Waals surface area contributed by atoms with Crippen molar-refractivity contribution in [1.29, 1.82) is 5.26 Å². The lowest BCUT2D eigenvalue weighted by Gasteiger charge is -2.39. The molecule has 9 nitrogen and oxygen atoms in total. The first-order valence-electron chi connectivity index (χ1n) is 13.6. The van der Waals surface area contributed by atoms with Crippen molar-refractivity contribution < 1.29 is 37.0 Å². The van der Waals surface area contributed by atoms with Crippen molar-refractivity contribution in [1.82, 2.24) is 9.80 Å². The normalized spacial score (nSPS) is 20.3. The molecule has 1 saturated carbocycles. The van der Waals surface area contributed by atoms with Crippen LogP contribution < -0.4 is 14.5 Å². The summed E-state index contributed by atoms with van der Waals surface area (Å²) in [5, 5.41) is 18.0. The van der Waals surface area contributed by atoms with Crippen molar-refractivity contribution in [3.63, 3.8) is 0 Å². The maximum atomic E-state index is 15.4. The Hall–Kier alpha value is -3.80. The molecule has 1 amide bonds. The number of aliphatic carboxylic acids is 1. The average molecular weight is 620 g/mol. The second kappa shape index (κ2) is 11.0. The van der Waals surface area contributed by atoms with Crippen LogP contribution in [0.15, 0.2) is 36.4 Å². The molecule has 0 atom stereocenters.